The van der Waals surface area contributed by atoms with Gasteiger partial charge in [-0.1, -0.05) is 0 Å². The van der Waals surface area contributed by atoms with Crippen LogP contribution in [0.3, 0.4) is 0 Å². The molecule has 0 heterocycles. The number of nitrogens with two attached hydrogens (primary N) is 1. The second-order valence-corrected chi connectivity index (χ2v) is 4.19. The first-order valence-corrected chi connectivity index (χ1v) is 5.39. The summed E-state index contributed by atoms with van der Waals surface area (Å²) < 4.78 is 5.06. The minimum atomic E-state index is -1.20. The first kappa shape index (κ1) is 16.8. The summed E-state index contributed by atoms with van der Waals surface area (Å²) in [5.41, 5.74) is 4.18. The molecular weight excluding hydrogens is 244 g/mol. The summed E-state index contributed by atoms with van der Waals surface area (Å²) >= 11 is 0. The maximum Gasteiger partial charge on any atom is 0.322 e. The van der Waals surface area contributed by atoms with Crippen LogP contribution in [0.5, 0.6) is 0 Å². The lowest BCUT2D eigenvalue weighted by molar-refractivity contribution is -0.140. The fourth-order valence-corrected chi connectivity index (χ4v) is 1.09. The van der Waals surface area contributed by atoms with Crippen LogP contribution in [-0.2, 0) is 14.3 Å². The smallest absolute Gasteiger partial charge is 0.322 e. The molecule has 0 unspecified atom stereocenters. The second-order valence-electron chi connectivity index (χ2n) is 4.19. The number of aliphatic hydroxyl groups excluding tert-OH is 2. The maximum absolute atomic E-state index is 10.8. The lowest BCUT2D eigenvalue weighted by Gasteiger charge is -2.29. The molecule has 0 aliphatic rings. The number of aliphatic carboxylic acids is 1. The number of rotatable bonds is 9. The van der Waals surface area contributed by atoms with Crippen molar-refractivity contribution >= 4 is 11.9 Å². The minimum absolute atomic E-state index is 0.0254. The van der Waals surface area contributed by atoms with Crippen LogP contribution in [0.2, 0.25) is 0 Å². The monoisotopic (exact) mass is 264 g/mol. The van der Waals surface area contributed by atoms with E-state index in [2.05, 4.69) is 5.32 Å². The molecule has 0 saturated heterocycles. The van der Waals surface area contributed by atoms with E-state index in [1.54, 1.807) is 0 Å². The molecule has 8 nitrogen and oxygen atoms in total. The Kier molecular flexibility index (Phi) is 7.44. The molecule has 0 aromatic rings. The third-order valence-corrected chi connectivity index (χ3v) is 2.41. The van der Waals surface area contributed by atoms with Crippen LogP contribution >= 0.6 is 0 Å². The fourth-order valence-electron chi connectivity index (χ4n) is 1.09. The summed E-state index contributed by atoms with van der Waals surface area (Å²) in [6.07, 6.45) is 0. The Hall–Kier alpha value is -1.22. The van der Waals surface area contributed by atoms with Crippen molar-refractivity contribution < 1.29 is 29.6 Å². The Balaban J connectivity index is 4.25. The average Bonchev–Trinajstić information content (AvgIpc) is 2.33. The lowest BCUT2D eigenvalue weighted by atomic mass is 9.91. The van der Waals surface area contributed by atoms with Crippen LogP contribution in [0.4, 0.5) is 0 Å². The molecule has 8 heteroatoms. The number of hydrogen-bond donors (Lipinski definition) is 5. The quantitative estimate of drug-likeness (QED) is 0.310. The largest absolute Gasteiger partial charge is 0.480 e. The molecule has 0 aliphatic heterocycles. The van der Waals surface area contributed by atoms with Crippen molar-refractivity contribution in [3.8, 4) is 0 Å². The summed E-state index contributed by atoms with van der Waals surface area (Å²) in [6.45, 7) is 0.162. The molecule has 1 amide bonds. The summed E-state index contributed by atoms with van der Waals surface area (Å²) in [6, 6.07) is -1.17. The number of amides is 1. The normalized spacial score (nSPS) is 13.1. The lowest BCUT2D eigenvalue weighted by Crippen LogP contribution is -2.46. The summed E-state index contributed by atoms with van der Waals surface area (Å²) in [4.78, 5) is 21.2. The molecule has 18 heavy (non-hydrogen) atoms. The van der Waals surface area contributed by atoms with E-state index in [-0.39, 0.29) is 25.7 Å². The second kappa shape index (κ2) is 7.98. The first-order chi connectivity index (χ1) is 8.37. The highest BCUT2D eigenvalue weighted by atomic mass is 16.5. The molecule has 0 radical (unpaired) electrons. The number of aliphatic hydroxyl groups is 2. The van der Waals surface area contributed by atoms with E-state index in [4.69, 9.17) is 15.6 Å². The van der Waals surface area contributed by atoms with E-state index >= 15 is 0 Å². The standard InChI is InChI=1S/C10H20N2O6/c1-7(15)12-3-10(4-13,5-14)6-18-2-8(11)9(16)17/h8,13-14H,2-6,11H2,1H3,(H,12,15)(H,16,17)/t8-/m0/s1. The van der Waals surface area contributed by atoms with Crippen molar-refractivity contribution in [1.82, 2.24) is 5.32 Å². The van der Waals surface area contributed by atoms with Crippen LogP contribution in [0.25, 0.3) is 0 Å². The molecule has 0 aromatic heterocycles. The Labute approximate surface area is 105 Å². The highest BCUT2D eigenvalue weighted by Crippen LogP contribution is 2.15. The van der Waals surface area contributed by atoms with Gasteiger partial charge in [0.15, 0.2) is 0 Å². The van der Waals surface area contributed by atoms with Crippen molar-refractivity contribution in [3.05, 3.63) is 0 Å². The number of hydrogen-bond acceptors (Lipinski definition) is 6. The Morgan fingerprint density at radius 1 is 1.39 bits per heavy atom. The summed E-state index contributed by atoms with van der Waals surface area (Å²) in [5, 5.41) is 29.5. The third kappa shape index (κ3) is 5.92. The van der Waals surface area contributed by atoms with Crippen LogP contribution in [0.15, 0.2) is 0 Å². The van der Waals surface area contributed by atoms with Crippen LogP contribution in [-0.4, -0.2) is 66.2 Å². The zero-order valence-corrected chi connectivity index (χ0v) is 10.3. The van der Waals surface area contributed by atoms with Crippen molar-refractivity contribution in [3.63, 3.8) is 0 Å². The van der Waals surface area contributed by atoms with E-state index in [9.17, 15) is 19.8 Å². The molecule has 0 fully saturated rings. The van der Waals surface area contributed by atoms with Crippen molar-refractivity contribution in [2.75, 3.05) is 33.0 Å². The number of nitrogens with one attached hydrogen (secondary N) is 1. The SMILES string of the molecule is CC(=O)NCC(CO)(CO)COC[C@H](N)C(=O)O. The summed E-state index contributed by atoms with van der Waals surface area (Å²) in [5.74, 6) is -1.50. The summed E-state index contributed by atoms with van der Waals surface area (Å²) in [7, 11) is 0. The van der Waals surface area contributed by atoms with E-state index in [0.717, 1.165) is 0 Å². The van der Waals surface area contributed by atoms with Gasteiger partial charge < -0.3 is 31.1 Å². The molecule has 0 rings (SSSR count). The van der Waals surface area contributed by atoms with Gasteiger partial charge in [0.2, 0.25) is 5.91 Å². The highest BCUT2D eigenvalue weighted by Gasteiger charge is 2.30. The van der Waals surface area contributed by atoms with Crippen LogP contribution in [0.1, 0.15) is 6.92 Å². The van der Waals surface area contributed by atoms with E-state index < -0.39 is 30.6 Å². The molecule has 1 atom stereocenters. The minimum Gasteiger partial charge on any atom is -0.480 e. The molecule has 0 saturated carbocycles. The van der Waals surface area contributed by atoms with Gasteiger partial charge in [-0.25, -0.2) is 0 Å². The maximum atomic E-state index is 10.8. The first-order valence-electron chi connectivity index (χ1n) is 5.39. The van der Waals surface area contributed by atoms with Gasteiger partial charge in [0.05, 0.1) is 31.8 Å². The molecule has 0 bridgehead atoms. The Morgan fingerprint density at radius 3 is 2.33 bits per heavy atom. The van der Waals surface area contributed by atoms with Gasteiger partial charge in [0.25, 0.3) is 0 Å². The van der Waals surface area contributed by atoms with Crippen molar-refractivity contribution in [1.29, 1.82) is 0 Å². The van der Waals surface area contributed by atoms with Gasteiger partial charge in [-0.2, -0.15) is 0 Å². The predicted molar refractivity (Wildman–Crippen MR) is 61.7 cm³/mol. The van der Waals surface area contributed by atoms with Crippen molar-refractivity contribution in [2.24, 2.45) is 11.1 Å². The van der Waals surface area contributed by atoms with Gasteiger partial charge >= 0.3 is 5.97 Å². The molecule has 0 aromatic carbocycles. The van der Waals surface area contributed by atoms with Gasteiger partial charge in [-0.3, -0.25) is 9.59 Å². The fraction of sp³-hybridized carbons (Fsp3) is 0.800. The zero-order valence-electron chi connectivity index (χ0n) is 10.3. The number of carbonyl (C=O) groups excluding carboxylic acids is 1. The average molecular weight is 264 g/mol. The highest BCUT2D eigenvalue weighted by molar-refractivity contribution is 5.73. The van der Waals surface area contributed by atoms with Gasteiger partial charge in [0, 0.05) is 13.5 Å². The van der Waals surface area contributed by atoms with Crippen molar-refractivity contribution in [2.45, 2.75) is 13.0 Å². The van der Waals surface area contributed by atoms with Gasteiger partial charge in [0.1, 0.15) is 6.04 Å². The topological polar surface area (TPSA) is 142 Å². The van der Waals surface area contributed by atoms with E-state index in [1.807, 2.05) is 0 Å². The molecule has 0 aliphatic carbocycles. The molecular formula is C10H20N2O6. The van der Waals surface area contributed by atoms with Gasteiger partial charge in [-0.15, -0.1) is 0 Å². The van der Waals surface area contributed by atoms with Crippen LogP contribution in [0, 0.1) is 5.41 Å². The predicted octanol–water partition coefficient (Wildman–Crippen LogP) is -2.48. The third-order valence-electron chi connectivity index (χ3n) is 2.41. The van der Waals surface area contributed by atoms with E-state index in [0.29, 0.717) is 0 Å². The number of carboxylic acids is 1. The van der Waals surface area contributed by atoms with E-state index in [1.165, 1.54) is 6.92 Å². The van der Waals surface area contributed by atoms with Crippen LogP contribution < -0.4 is 11.1 Å². The van der Waals surface area contributed by atoms with Gasteiger partial charge in [-0.05, 0) is 0 Å². The Bertz CT molecular complexity index is 280. The Morgan fingerprint density at radius 2 is 1.94 bits per heavy atom. The molecule has 6 N–H and O–H groups in total. The number of carbonyl (C=O) groups is 2. The molecule has 0 spiro atoms. The zero-order chi connectivity index (χ0) is 14.2. The molecule has 106 valence electrons. The number of ether oxygens (including phenoxy) is 1. The number of carboxylic acid groups (broad SMARTS) is 1.